The molecule has 8 heteroatoms. The van der Waals surface area contributed by atoms with Crippen LogP contribution >= 0.6 is 11.6 Å². The lowest BCUT2D eigenvalue weighted by Crippen LogP contribution is -2.06. The normalized spacial score (nSPS) is 10.5. The SMILES string of the molecule is CCOc1cc(C(=O)OCc2nnc(-c3ccc(Cl)cc3)o2)ccc1OC. The molecular weight excluding hydrogens is 372 g/mol. The third-order valence-electron chi connectivity index (χ3n) is 3.58. The van der Waals surface area contributed by atoms with Crippen LogP contribution in [0.2, 0.25) is 5.02 Å². The Balaban J connectivity index is 1.66. The van der Waals surface area contributed by atoms with E-state index in [2.05, 4.69) is 10.2 Å². The summed E-state index contributed by atoms with van der Waals surface area (Å²) >= 11 is 5.86. The Morgan fingerprint density at radius 3 is 2.59 bits per heavy atom. The zero-order chi connectivity index (χ0) is 19.2. The smallest absolute Gasteiger partial charge is 0.338 e. The van der Waals surface area contributed by atoms with Crippen LogP contribution in [0.15, 0.2) is 46.9 Å². The summed E-state index contributed by atoms with van der Waals surface area (Å²) in [7, 11) is 1.53. The van der Waals surface area contributed by atoms with Crippen molar-refractivity contribution in [3.63, 3.8) is 0 Å². The Bertz CT molecular complexity index is 924. The quantitative estimate of drug-likeness (QED) is 0.562. The van der Waals surface area contributed by atoms with E-state index in [4.69, 9.17) is 30.2 Å². The van der Waals surface area contributed by atoms with Gasteiger partial charge in [-0.15, -0.1) is 10.2 Å². The maximum absolute atomic E-state index is 12.3. The molecule has 0 aliphatic carbocycles. The number of benzene rings is 2. The molecule has 0 N–H and O–H groups in total. The molecule has 0 fully saturated rings. The molecule has 1 aromatic heterocycles. The summed E-state index contributed by atoms with van der Waals surface area (Å²) in [5, 5.41) is 8.43. The summed E-state index contributed by atoms with van der Waals surface area (Å²) in [6.07, 6.45) is 0. The second kappa shape index (κ2) is 8.55. The number of rotatable bonds is 7. The molecular formula is C19H17ClN2O5. The number of methoxy groups -OCH3 is 1. The van der Waals surface area contributed by atoms with Crippen molar-refractivity contribution in [3.05, 3.63) is 58.9 Å². The third-order valence-corrected chi connectivity index (χ3v) is 3.84. The van der Waals surface area contributed by atoms with Gasteiger partial charge in [0.1, 0.15) is 0 Å². The lowest BCUT2D eigenvalue weighted by molar-refractivity contribution is 0.0438. The van der Waals surface area contributed by atoms with Crippen LogP contribution in [0.1, 0.15) is 23.2 Å². The molecule has 0 aliphatic heterocycles. The fourth-order valence-electron chi connectivity index (χ4n) is 2.30. The summed E-state index contributed by atoms with van der Waals surface area (Å²) in [5.74, 6) is 0.979. The number of hydrogen-bond acceptors (Lipinski definition) is 7. The number of ether oxygens (including phenoxy) is 3. The summed E-state index contributed by atoms with van der Waals surface area (Å²) in [6, 6.07) is 11.8. The Morgan fingerprint density at radius 2 is 1.89 bits per heavy atom. The fraction of sp³-hybridized carbons (Fsp3) is 0.211. The number of nitrogens with zero attached hydrogens (tertiary/aromatic N) is 2. The van der Waals surface area contributed by atoms with Crippen LogP contribution in [-0.4, -0.2) is 29.9 Å². The van der Waals surface area contributed by atoms with Gasteiger partial charge in [-0.05, 0) is 49.4 Å². The lowest BCUT2D eigenvalue weighted by Gasteiger charge is -2.10. The van der Waals surface area contributed by atoms with Crippen molar-refractivity contribution in [2.24, 2.45) is 0 Å². The first-order chi connectivity index (χ1) is 13.1. The van der Waals surface area contributed by atoms with Gasteiger partial charge in [0, 0.05) is 10.6 Å². The second-order valence-corrected chi connectivity index (χ2v) is 5.82. The van der Waals surface area contributed by atoms with E-state index in [0.29, 0.717) is 34.6 Å². The molecule has 27 heavy (non-hydrogen) atoms. The van der Waals surface area contributed by atoms with Crippen LogP contribution in [-0.2, 0) is 11.3 Å². The van der Waals surface area contributed by atoms with Crippen LogP contribution in [0, 0.1) is 0 Å². The molecule has 140 valence electrons. The maximum Gasteiger partial charge on any atom is 0.338 e. The molecule has 7 nitrogen and oxygen atoms in total. The monoisotopic (exact) mass is 388 g/mol. The topological polar surface area (TPSA) is 83.7 Å². The summed E-state index contributed by atoms with van der Waals surface area (Å²) < 4.78 is 21.4. The number of aromatic nitrogens is 2. The molecule has 0 bridgehead atoms. The molecule has 0 spiro atoms. The first kappa shape index (κ1) is 18.7. The molecule has 0 atom stereocenters. The van der Waals surface area contributed by atoms with E-state index >= 15 is 0 Å². The van der Waals surface area contributed by atoms with Crippen molar-refractivity contribution in [1.29, 1.82) is 0 Å². The van der Waals surface area contributed by atoms with Gasteiger partial charge in [0.25, 0.3) is 5.89 Å². The van der Waals surface area contributed by atoms with Gasteiger partial charge >= 0.3 is 5.97 Å². The number of carbonyl (C=O) groups excluding carboxylic acids is 1. The van der Waals surface area contributed by atoms with E-state index in [1.165, 1.54) is 7.11 Å². The molecule has 2 aromatic carbocycles. The molecule has 3 rings (SSSR count). The van der Waals surface area contributed by atoms with Gasteiger partial charge in [0.05, 0.1) is 19.3 Å². The number of hydrogen-bond donors (Lipinski definition) is 0. The van der Waals surface area contributed by atoms with Crippen molar-refractivity contribution in [2.75, 3.05) is 13.7 Å². The van der Waals surface area contributed by atoms with Gasteiger partial charge in [-0.3, -0.25) is 0 Å². The molecule has 0 aliphatic rings. The minimum absolute atomic E-state index is 0.143. The van der Waals surface area contributed by atoms with Crippen LogP contribution in [0.5, 0.6) is 11.5 Å². The van der Waals surface area contributed by atoms with E-state index in [-0.39, 0.29) is 12.5 Å². The molecule has 0 saturated carbocycles. The number of esters is 1. The van der Waals surface area contributed by atoms with Gasteiger partial charge in [0.2, 0.25) is 5.89 Å². The fourth-order valence-corrected chi connectivity index (χ4v) is 2.43. The first-order valence-corrected chi connectivity index (χ1v) is 8.54. The molecule has 0 unspecified atom stereocenters. The maximum atomic E-state index is 12.3. The largest absolute Gasteiger partial charge is 0.493 e. The summed E-state index contributed by atoms with van der Waals surface area (Å²) in [4.78, 5) is 12.3. The van der Waals surface area contributed by atoms with E-state index in [9.17, 15) is 4.79 Å². The van der Waals surface area contributed by atoms with E-state index in [0.717, 1.165) is 5.56 Å². The molecule has 0 saturated heterocycles. The van der Waals surface area contributed by atoms with Gasteiger partial charge < -0.3 is 18.6 Å². The Kier molecular flexibility index (Phi) is 5.93. The van der Waals surface area contributed by atoms with E-state index in [1.807, 2.05) is 6.92 Å². The molecule has 0 amide bonds. The van der Waals surface area contributed by atoms with Crippen LogP contribution < -0.4 is 9.47 Å². The predicted octanol–water partition coefficient (Wildman–Crippen LogP) is 4.15. The van der Waals surface area contributed by atoms with Crippen molar-refractivity contribution >= 4 is 17.6 Å². The van der Waals surface area contributed by atoms with Crippen LogP contribution in [0.4, 0.5) is 0 Å². The standard InChI is InChI=1S/C19H17ClN2O5/c1-3-25-16-10-13(6-9-15(16)24-2)19(23)26-11-17-21-22-18(27-17)12-4-7-14(20)8-5-12/h4-10H,3,11H2,1-2H3. The van der Waals surface area contributed by atoms with Crippen molar-refractivity contribution < 1.29 is 23.4 Å². The Hall–Kier alpha value is -3.06. The Morgan fingerprint density at radius 1 is 1.11 bits per heavy atom. The highest BCUT2D eigenvalue weighted by Crippen LogP contribution is 2.28. The predicted molar refractivity (Wildman–Crippen MR) is 98.0 cm³/mol. The van der Waals surface area contributed by atoms with Crippen molar-refractivity contribution in [1.82, 2.24) is 10.2 Å². The van der Waals surface area contributed by atoms with E-state index < -0.39 is 5.97 Å². The highest BCUT2D eigenvalue weighted by atomic mass is 35.5. The van der Waals surface area contributed by atoms with Gasteiger partial charge in [-0.2, -0.15) is 0 Å². The van der Waals surface area contributed by atoms with Crippen LogP contribution in [0.3, 0.4) is 0 Å². The molecule has 0 radical (unpaired) electrons. The van der Waals surface area contributed by atoms with E-state index in [1.54, 1.807) is 42.5 Å². The average molecular weight is 389 g/mol. The van der Waals surface area contributed by atoms with Crippen LogP contribution in [0.25, 0.3) is 11.5 Å². The first-order valence-electron chi connectivity index (χ1n) is 8.17. The minimum atomic E-state index is -0.537. The summed E-state index contributed by atoms with van der Waals surface area (Å²) in [6.45, 7) is 2.15. The molecule has 3 aromatic rings. The van der Waals surface area contributed by atoms with Gasteiger partial charge in [-0.25, -0.2) is 4.79 Å². The zero-order valence-corrected chi connectivity index (χ0v) is 15.5. The average Bonchev–Trinajstić information content (AvgIpc) is 3.16. The summed E-state index contributed by atoms with van der Waals surface area (Å²) in [5.41, 5.74) is 1.05. The lowest BCUT2D eigenvalue weighted by atomic mass is 10.2. The van der Waals surface area contributed by atoms with Gasteiger partial charge in [0.15, 0.2) is 18.1 Å². The third kappa shape index (κ3) is 4.57. The number of carbonyl (C=O) groups is 1. The van der Waals surface area contributed by atoms with Crippen molar-refractivity contribution in [3.8, 4) is 23.0 Å². The number of halogens is 1. The van der Waals surface area contributed by atoms with Gasteiger partial charge in [-0.1, -0.05) is 11.6 Å². The minimum Gasteiger partial charge on any atom is -0.493 e. The highest BCUT2D eigenvalue weighted by Gasteiger charge is 2.15. The highest BCUT2D eigenvalue weighted by molar-refractivity contribution is 6.30. The molecule has 1 heterocycles. The van der Waals surface area contributed by atoms with Crippen molar-refractivity contribution in [2.45, 2.75) is 13.5 Å². The zero-order valence-electron chi connectivity index (χ0n) is 14.8. The Labute approximate surface area is 160 Å². The second-order valence-electron chi connectivity index (χ2n) is 5.38.